The van der Waals surface area contributed by atoms with Gasteiger partial charge in [-0.15, -0.1) is 0 Å². The van der Waals surface area contributed by atoms with Crippen molar-refractivity contribution >= 4 is 27.3 Å². The zero-order chi connectivity index (χ0) is 27.9. The molecule has 6 rings (SSSR count). The van der Waals surface area contributed by atoms with Crippen LogP contribution in [0, 0.1) is 12.8 Å². The van der Waals surface area contributed by atoms with Gasteiger partial charge in [-0.1, -0.05) is 66.7 Å². The Morgan fingerprint density at radius 3 is 2.08 bits per heavy atom. The van der Waals surface area contributed by atoms with Crippen LogP contribution in [-0.2, 0) is 14.8 Å². The van der Waals surface area contributed by atoms with E-state index >= 15 is 0 Å². The van der Waals surface area contributed by atoms with Crippen molar-refractivity contribution in [3.63, 3.8) is 0 Å². The number of rotatable bonds is 6. The van der Waals surface area contributed by atoms with Gasteiger partial charge in [-0.05, 0) is 66.6 Å². The molecule has 2 heterocycles. The van der Waals surface area contributed by atoms with Gasteiger partial charge < -0.3 is 9.47 Å². The Labute approximate surface area is 233 Å². The van der Waals surface area contributed by atoms with E-state index < -0.39 is 22.0 Å². The van der Waals surface area contributed by atoms with Gasteiger partial charge in [0, 0.05) is 17.9 Å². The molecule has 1 saturated heterocycles. The summed E-state index contributed by atoms with van der Waals surface area (Å²) in [5.41, 5.74) is 3.44. The van der Waals surface area contributed by atoms with Gasteiger partial charge >= 0.3 is 0 Å². The molecular weight excluding hydrogens is 524 g/mol. The maximum absolute atomic E-state index is 14.6. The summed E-state index contributed by atoms with van der Waals surface area (Å²) >= 11 is 0. The quantitative estimate of drug-likeness (QED) is 0.274. The molecule has 1 fully saturated rings. The Morgan fingerprint density at radius 1 is 0.850 bits per heavy atom. The van der Waals surface area contributed by atoms with Crippen LogP contribution in [0.3, 0.4) is 0 Å². The van der Waals surface area contributed by atoms with Crippen LogP contribution in [0.1, 0.15) is 17.2 Å². The summed E-state index contributed by atoms with van der Waals surface area (Å²) in [6, 6.07) is 29.9. The van der Waals surface area contributed by atoms with Crippen LogP contribution < -0.4 is 14.4 Å². The lowest BCUT2D eigenvalue weighted by molar-refractivity contribution is -0.121. The largest absolute Gasteiger partial charge is 0.454 e. The second-order valence-electron chi connectivity index (χ2n) is 9.90. The molecule has 0 bridgehead atoms. The molecule has 2 atom stereocenters. The second-order valence-corrected chi connectivity index (χ2v) is 11.8. The molecule has 2 aliphatic heterocycles. The van der Waals surface area contributed by atoms with E-state index in [0.29, 0.717) is 34.0 Å². The first-order chi connectivity index (χ1) is 19.3. The minimum atomic E-state index is -3.99. The standard InChI is InChI=1S/C32H28N2O5S/c1-22-13-16-27(17-14-22)40(36,37)33-20-23(2)30(31(33)24-15-18-28-29(19-24)39-21-38-28)32(35)34(25-9-5-3-6-10-25)26-11-7-4-8-12-26/h3-19,30-31H,2,20-21H2,1H3/t30-,31+/m1/s1. The number of hydrogen-bond donors (Lipinski definition) is 0. The van der Waals surface area contributed by atoms with Gasteiger partial charge in [-0.3, -0.25) is 9.69 Å². The minimum Gasteiger partial charge on any atom is -0.454 e. The van der Waals surface area contributed by atoms with Crippen LogP contribution in [0.2, 0.25) is 0 Å². The maximum atomic E-state index is 14.6. The molecule has 8 heteroatoms. The van der Waals surface area contributed by atoms with Crippen molar-refractivity contribution in [2.45, 2.75) is 17.9 Å². The Morgan fingerprint density at radius 2 is 1.45 bits per heavy atom. The second kappa shape index (κ2) is 10.3. The molecule has 0 N–H and O–H groups in total. The molecular formula is C32H28N2O5S. The van der Waals surface area contributed by atoms with Crippen molar-refractivity contribution < 1.29 is 22.7 Å². The van der Waals surface area contributed by atoms with Crippen molar-refractivity contribution in [2.75, 3.05) is 18.2 Å². The lowest BCUT2D eigenvalue weighted by Gasteiger charge is -2.31. The van der Waals surface area contributed by atoms with E-state index in [4.69, 9.17) is 9.47 Å². The summed E-state index contributed by atoms with van der Waals surface area (Å²) in [6.45, 7) is 6.23. The lowest BCUT2D eigenvalue weighted by Crippen LogP contribution is -2.38. The Bertz CT molecular complexity index is 1630. The van der Waals surface area contributed by atoms with E-state index in [1.54, 1.807) is 47.4 Å². The SMILES string of the molecule is C=C1CN(S(=O)(=O)c2ccc(C)cc2)[C@@H](c2ccc3c(c2)OCO3)[C@@H]1C(=O)N(c1ccccc1)c1ccccc1. The topological polar surface area (TPSA) is 76.1 Å². The normalized spacial score (nSPS) is 18.6. The van der Waals surface area contributed by atoms with E-state index in [0.717, 1.165) is 5.56 Å². The van der Waals surface area contributed by atoms with Gasteiger partial charge in [0.2, 0.25) is 22.7 Å². The summed E-state index contributed by atoms with van der Waals surface area (Å²) < 4.78 is 40.7. The summed E-state index contributed by atoms with van der Waals surface area (Å²) in [5.74, 6) is -0.0452. The molecule has 0 aliphatic carbocycles. The highest BCUT2D eigenvalue weighted by Crippen LogP contribution is 2.47. The number of carbonyl (C=O) groups excluding carboxylic acids is 1. The maximum Gasteiger partial charge on any atom is 0.243 e. The van der Waals surface area contributed by atoms with E-state index in [9.17, 15) is 13.2 Å². The number of aryl methyl sites for hydroxylation is 1. The Kier molecular flexibility index (Phi) is 6.65. The highest BCUT2D eigenvalue weighted by Gasteiger charge is 2.49. The molecule has 0 unspecified atom stereocenters. The minimum absolute atomic E-state index is 0.00312. The lowest BCUT2D eigenvalue weighted by atomic mass is 9.89. The van der Waals surface area contributed by atoms with Gasteiger partial charge in [0.05, 0.1) is 16.9 Å². The number of nitrogens with zero attached hydrogens (tertiary/aromatic N) is 2. The van der Waals surface area contributed by atoms with Crippen molar-refractivity contribution in [3.8, 4) is 11.5 Å². The smallest absolute Gasteiger partial charge is 0.243 e. The van der Waals surface area contributed by atoms with Crippen molar-refractivity contribution in [1.29, 1.82) is 0 Å². The average Bonchev–Trinajstić information content (AvgIpc) is 3.58. The summed E-state index contributed by atoms with van der Waals surface area (Å²) in [7, 11) is -3.99. The third kappa shape index (κ3) is 4.55. The molecule has 4 aromatic rings. The Hall–Kier alpha value is -4.40. The van der Waals surface area contributed by atoms with Crippen LogP contribution in [0.5, 0.6) is 11.5 Å². The van der Waals surface area contributed by atoms with Gasteiger partial charge in [-0.25, -0.2) is 8.42 Å². The summed E-state index contributed by atoms with van der Waals surface area (Å²) in [4.78, 5) is 16.4. The van der Waals surface area contributed by atoms with Gasteiger partial charge in [0.1, 0.15) is 0 Å². The van der Waals surface area contributed by atoms with E-state index in [-0.39, 0.29) is 24.1 Å². The van der Waals surface area contributed by atoms with Crippen LogP contribution >= 0.6 is 0 Å². The summed E-state index contributed by atoms with van der Waals surface area (Å²) in [5, 5.41) is 0. The van der Waals surface area contributed by atoms with Crippen molar-refractivity contribution in [2.24, 2.45) is 5.92 Å². The first-order valence-electron chi connectivity index (χ1n) is 12.9. The molecule has 7 nitrogen and oxygen atoms in total. The monoisotopic (exact) mass is 552 g/mol. The number of benzene rings is 4. The fraction of sp³-hybridized carbons (Fsp3) is 0.156. The molecule has 202 valence electrons. The molecule has 40 heavy (non-hydrogen) atoms. The summed E-state index contributed by atoms with van der Waals surface area (Å²) in [6.07, 6.45) is 0. The van der Waals surface area contributed by atoms with E-state index in [1.165, 1.54) is 4.31 Å². The highest BCUT2D eigenvalue weighted by molar-refractivity contribution is 7.89. The van der Waals surface area contributed by atoms with Crippen molar-refractivity contribution in [3.05, 3.63) is 126 Å². The zero-order valence-corrected chi connectivity index (χ0v) is 22.8. The predicted octanol–water partition coefficient (Wildman–Crippen LogP) is 6.01. The van der Waals surface area contributed by atoms with Crippen LogP contribution in [0.4, 0.5) is 11.4 Å². The molecule has 0 aromatic heterocycles. The number of fused-ring (bicyclic) bond motifs is 1. The van der Waals surface area contributed by atoms with Crippen LogP contribution in [0.15, 0.2) is 120 Å². The molecule has 0 spiro atoms. The first kappa shape index (κ1) is 25.9. The zero-order valence-electron chi connectivity index (χ0n) is 21.9. The number of amides is 1. The van der Waals surface area contributed by atoms with E-state index in [2.05, 4.69) is 6.58 Å². The number of ether oxygens (including phenoxy) is 2. The van der Waals surface area contributed by atoms with Gasteiger partial charge in [0.15, 0.2) is 11.5 Å². The molecule has 0 saturated carbocycles. The van der Waals surface area contributed by atoms with Gasteiger partial charge in [0.25, 0.3) is 0 Å². The number of hydrogen-bond acceptors (Lipinski definition) is 5. The molecule has 1 amide bonds. The third-order valence-electron chi connectivity index (χ3n) is 7.31. The van der Waals surface area contributed by atoms with Crippen molar-refractivity contribution in [1.82, 2.24) is 4.31 Å². The number of para-hydroxylation sites is 2. The fourth-order valence-electron chi connectivity index (χ4n) is 5.33. The highest BCUT2D eigenvalue weighted by atomic mass is 32.2. The third-order valence-corrected chi connectivity index (χ3v) is 9.15. The average molecular weight is 553 g/mol. The number of sulfonamides is 1. The predicted molar refractivity (Wildman–Crippen MR) is 153 cm³/mol. The van der Waals surface area contributed by atoms with Gasteiger partial charge in [-0.2, -0.15) is 4.31 Å². The number of anilines is 2. The first-order valence-corrected chi connectivity index (χ1v) is 14.4. The fourth-order valence-corrected chi connectivity index (χ4v) is 6.96. The molecule has 2 aliphatic rings. The van der Waals surface area contributed by atoms with E-state index in [1.807, 2.05) is 67.6 Å². The molecule has 0 radical (unpaired) electrons. The van der Waals surface area contributed by atoms with Crippen LogP contribution in [-0.4, -0.2) is 32.0 Å². The number of carbonyl (C=O) groups is 1. The molecule has 4 aromatic carbocycles. The Balaban J connectivity index is 1.49. The van der Waals surface area contributed by atoms with Crippen LogP contribution in [0.25, 0.3) is 0 Å².